The minimum absolute atomic E-state index is 0.484. The Balaban J connectivity index is 3.45. The summed E-state index contributed by atoms with van der Waals surface area (Å²) in [7, 11) is 0.984. The molecule has 1 aromatic heterocycles. The van der Waals surface area contributed by atoms with Gasteiger partial charge in [0.25, 0.3) is 0 Å². The van der Waals surface area contributed by atoms with Gasteiger partial charge < -0.3 is 14.6 Å². The normalized spacial score (nSPS) is 10.9. The molecular weight excluding hydrogens is 277 g/mol. The highest BCUT2D eigenvalue weighted by Crippen LogP contribution is 2.34. The predicted molar refractivity (Wildman–Crippen MR) is 51.1 cm³/mol. The number of rotatable bonds is 4. The lowest BCUT2D eigenvalue weighted by Crippen LogP contribution is -2.20. The Morgan fingerprint density at radius 3 is 2.47 bits per heavy atom. The van der Waals surface area contributed by atoms with Crippen LogP contribution in [0.25, 0.3) is 0 Å². The second-order valence-electron chi connectivity index (χ2n) is 2.97. The van der Waals surface area contributed by atoms with Crippen molar-refractivity contribution in [3.8, 4) is 11.6 Å². The zero-order valence-corrected chi connectivity index (χ0v) is 9.09. The van der Waals surface area contributed by atoms with Crippen molar-refractivity contribution in [2.24, 2.45) is 0 Å². The lowest BCUT2D eigenvalue weighted by atomic mass is 10.3. The molecule has 0 aliphatic heterocycles. The van der Waals surface area contributed by atoms with Gasteiger partial charge in [0.2, 0.25) is 0 Å². The lowest BCUT2D eigenvalue weighted by Gasteiger charge is -2.10. The first-order valence-electron chi connectivity index (χ1n) is 4.38. The average molecular weight is 282 g/mol. The second-order valence-corrected chi connectivity index (χ2v) is 2.97. The molecule has 1 N–H and O–H groups in total. The molecule has 0 spiro atoms. The summed E-state index contributed by atoms with van der Waals surface area (Å²) in [4.78, 5) is 23.0. The van der Waals surface area contributed by atoms with Crippen molar-refractivity contribution in [1.82, 2.24) is 4.98 Å². The molecule has 0 bridgehead atoms. The smallest absolute Gasteiger partial charge is 0.494 e. The van der Waals surface area contributed by atoms with E-state index in [0.29, 0.717) is 6.07 Å². The van der Waals surface area contributed by atoms with Crippen LogP contribution in [-0.4, -0.2) is 34.5 Å². The van der Waals surface area contributed by atoms with E-state index in [1.165, 1.54) is 0 Å². The number of hydrogen-bond donors (Lipinski definition) is 1. The number of pyridine rings is 1. The van der Waals surface area contributed by atoms with Gasteiger partial charge in [0.15, 0.2) is 11.4 Å². The predicted octanol–water partition coefficient (Wildman–Crippen LogP) is 1.60. The first-order valence-corrected chi connectivity index (χ1v) is 4.38. The highest BCUT2D eigenvalue weighted by molar-refractivity contribution is 5.89. The summed E-state index contributed by atoms with van der Waals surface area (Å²) in [5.41, 5.74) is -2.11. The number of alkyl halides is 3. The maximum Gasteiger partial charge on any atom is 0.574 e. The second kappa shape index (κ2) is 4.96. The fourth-order valence-electron chi connectivity index (χ4n) is 1.09. The summed E-state index contributed by atoms with van der Waals surface area (Å²) in [6.07, 6.45) is -5.25. The lowest BCUT2D eigenvalue weighted by molar-refractivity contribution is -0.389. The highest BCUT2D eigenvalue weighted by Gasteiger charge is 2.37. The Labute approximate surface area is 102 Å². The van der Waals surface area contributed by atoms with E-state index in [-0.39, 0.29) is 0 Å². The Morgan fingerprint density at radius 2 is 2.11 bits per heavy atom. The summed E-state index contributed by atoms with van der Waals surface area (Å²) in [6.45, 7) is 0. The average Bonchev–Trinajstić information content (AvgIpc) is 2.25. The zero-order chi connectivity index (χ0) is 14.8. The number of carboxylic acid groups (broad SMARTS) is 1. The Morgan fingerprint density at radius 1 is 1.53 bits per heavy atom. The molecule has 0 saturated carbocycles. The van der Waals surface area contributed by atoms with Gasteiger partial charge in [0.1, 0.15) is 0 Å². The van der Waals surface area contributed by atoms with E-state index in [2.05, 4.69) is 14.5 Å². The van der Waals surface area contributed by atoms with E-state index in [4.69, 9.17) is 5.11 Å². The minimum atomic E-state index is -5.25. The number of carbonyl (C=O) groups is 1. The third kappa shape index (κ3) is 3.43. The van der Waals surface area contributed by atoms with E-state index in [1.807, 2.05) is 0 Å². The number of halogens is 3. The van der Waals surface area contributed by atoms with E-state index in [9.17, 15) is 28.1 Å². The van der Waals surface area contributed by atoms with Gasteiger partial charge in [-0.3, -0.25) is 10.1 Å². The zero-order valence-electron chi connectivity index (χ0n) is 9.09. The van der Waals surface area contributed by atoms with Gasteiger partial charge in [-0.15, -0.1) is 13.2 Å². The van der Waals surface area contributed by atoms with Gasteiger partial charge >= 0.3 is 23.9 Å². The molecule has 11 heteroatoms. The van der Waals surface area contributed by atoms with Gasteiger partial charge in [-0.1, -0.05) is 0 Å². The molecule has 0 radical (unpaired) electrons. The molecule has 0 unspecified atom stereocenters. The molecule has 0 atom stereocenters. The van der Waals surface area contributed by atoms with Crippen LogP contribution < -0.4 is 9.47 Å². The monoisotopic (exact) mass is 282 g/mol. The van der Waals surface area contributed by atoms with Crippen molar-refractivity contribution in [2.75, 3.05) is 7.11 Å². The molecule has 0 aliphatic rings. The highest BCUT2D eigenvalue weighted by atomic mass is 19.4. The molecule has 8 nitrogen and oxygen atoms in total. The molecule has 1 aromatic rings. The molecule has 0 aromatic carbocycles. The van der Waals surface area contributed by atoms with Crippen LogP contribution in [0.3, 0.4) is 0 Å². The van der Waals surface area contributed by atoms with Gasteiger partial charge in [0, 0.05) is 0 Å². The molecule has 0 aliphatic carbocycles. The number of aromatic carboxylic acids is 1. The summed E-state index contributed by atoms with van der Waals surface area (Å²) >= 11 is 0. The van der Waals surface area contributed by atoms with Crippen LogP contribution in [-0.2, 0) is 0 Å². The molecule has 19 heavy (non-hydrogen) atoms. The van der Waals surface area contributed by atoms with Crippen molar-refractivity contribution in [3.63, 3.8) is 0 Å². The van der Waals surface area contributed by atoms with Crippen LogP contribution in [0.15, 0.2) is 6.07 Å². The summed E-state index contributed by atoms with van der Waals surface area (Å²) in [6, 6.07) is 0.484. The van der Waals surface area contributed by atoms with Crippen molar-refractivity contribution in [3.05, 3.63) is 21.9 Å². The molecule has 1 heterocycles. The summed E-state index contributed by atoms with van der Waals surface area (Å²) in [5, 5.41) is 19.3. The van der Waals surface area contributed by atoms with Gasteiger partial charge in [0.05, 0.1) is 18.1 Å². The van der Waals surface area contributed by atoms with Crippen LogP contribution in [0, 0.1) is 10.1 Å². The van der Waals surface area contributed by atoms with E-state index in [1.54, 1.807) is 0 Å². The van der Waals surface area contributed by atoms with Gasteiger partial charge in [-0.05, 0) is 0 Å². The molecule has 0 saturated heterocycles. The van der Waals surface area contributed by atoms with E-state index >= 15 is 0 Å². The fraction of sp³-hybridized carbons (Fsp3) is 0.250. The topological polar surface area (TPSA) is 112 Å². The van der Waals surface area contributed by atoms with Crippen LogP contribution in [0.5, 0.6) is 11.6 Å². The maximum absolute atomic E-state index is 12.0. The molecule has 104 valence electrons. The molecule has 0 amide bonds. The number of aromatic nitrogens is 1. The minimum Gasteiger partial charge on any atom is -0.494 e. The van der Waals surface area contributed by atoms with Crippen LogP contribution >= 0.6 is 0 Å². The standard InChI is InChI=1S/C8H5F3N2O6/c1-18-4-2-3(13(16)17)6(19-8(9,10)11)12-5(4)7(14)15/h2H,1H3,(H,14,15). The van der Waals surface area contributed by atoms with Crippen LogP contribution in [0.4, 0.5) is 18.9 Å². The Kier molecular flexibility index (Phi) is 3.77. The van der Waals surface area contributed by atoms with Crippen molar-refractivity contribution >= 4 is 11.7 Å². The first-order chi connectivity index (χ1) is 8.65. The Bertz CT molecular complexity index is 530. The van der Waals surface area contributed by atoms with Gasteiger partial charge in [-0.25, -0.2) is 4.79 Å². The SMILES string of the molecule is COc1cc([N+](=O)[O-])c(OC(F)(F)F)nc1C(=O)O. The number of nitrogens with zero attached hydrogens (tertiary/aromatic N) is 2. The number of hydrogen-bond acceptors (Lipinski definition) is 6. The van der Waals surface area contributed by atoms with Crippen molar-refractivity contribution in [2.45, 2.75) is 6.36 Å². The van der Waals surface area contributed by atoms with E-state index in [0.717, 1.165) is 7.11 Å². The first kappa shape index (κ1) is 14.5. The largest absolute Gasteiger partial charge is 0.574 e. The fourth-order valence-corrected chi connectivity index (χ4v) is 1.09. The number of methoxy groups -OCH3 is 1. The van der Waals surface area contributed by atoms with Gasteiger partial charge in [-0.2, -0.15) is 4.98 Å². The molecular formula is C8H5F3N2O6. The summed E-state index contributed by atoms with van der Waals surface area (Å²) < 4.78 is 43.9. The number of nitro groups is 1. The van der Waals surface area contributed by atoms with Crippen LogP contribution in [0.1, 0.15) is 10.5 Å². The molecule has 1 rings (SSSR count). The van der Waals surface area contributed by atoms with E-state index < -0.39 is 40.3 Å². The van der Waals surface area contributed by atoms with Crippen LogP contribution in [0.2, 0.25) is 0 Å². The quantitative estimate of drug-likeness (QED) is 0.659. The van der Waals surface area contributed by atoms with Crippen molar-refractivity contribution < 1.29 is 37.5 Å². The number of ether oxygens (including phenoxy) is 2. The molecule has 0 fully saturated rings. The Hall–Kier alpha value is -2.59. The summed E-state index contributed by atoms with van der Waals surface area (Å²) in [5.74, 6) is -3.76. The van der Waals surface area contributed by atoms with Crippen molar-refractivity contribution in [1.29, 1.82) is 0 Å². The third-order valence-electron chi connectivity index (χ3n) is 1.77. The number of carboxylic acids is 1. The third-order valence-corrected chi connectivity index (χ3v) is 1.77. The maximum atomic E-state index is 12.0.